The molecule has 0 aliphatic carbocycles. The van der Waals surface area contributed by atoms with Crippen LogP contribution in [-0.2, 0) is 16.0 Å². The maximum Gasteiger partial charge on any atom is 0.354 e. The molecule has 4 nitrogen and oxygen atoms in total. The van der Waals surface area contributed by atoms with Crippen molar-refractivity contribution in [2.45, 2.75) is 27.2 Å². The number of nitrogens with one attached hydrogen (secondary N) is 1. The highest BCUT2D eigenvalue weighted by molar-refractivity contribution is 6.35. The summed E-state index contributed by atoms with van der Waals surface area (Å²) in [5.74, 6) is -0.394. The fourth-order valence-electron chi connectivity index (χ4n) is 1.36. The zero-order valence-electron chi connectivity index (χ0n) is 10.5. The summed E-state index contributed by atoms with van der Waals surface area (Å²) in [6.45, 7) is 5.82. The molecule has 17 heavy (non-hydrogen) atoms. The summed E-state index contributed by atoms with van der Waals surface area (Å²) in [6.07, 6.45) is 0.914. The first kappa shape index (κ1) is 13.2. The number of para-hydroxylation sites is 1. The molecule has 1 aromatic rings. The quantitative estimate of drug-likeness (QED) is 0.484. The van der Waals surface area contributed by atoms with Crippen molar-refractivity contribution in [2.75, 3.05) is 12.0 Å². The Balaban J connectivity index is 2.71. The number of hydrogen-bond donors (Lipinski definition) is 1. The van der Waals surface area contributed by atoms with Crippen LogP contribution in [0.25, 0.3) is 0 Å². The second-order valence-electron chi connectivity index (χ2n) is 3.54. The molecule has 0 atom stereocenters. The number of benzene rings is 1. The van der Waals surface area contributed by atoms with Crippen molar-refractivity contribution >= 4 is 17.4 Å². The van der Waals surface area contributed by atoms with Crippen LogP contribution in [0, 0.1) is 0 Å². The lowest BCUT2D eigenvalue weighted by Crippen LogP contribution is -2.15. The zero-order chi connectivity index (χ0) is 12.7. The van der Waals surface area contributed by atoms with Gasteiger partial charge in [-0.05, 0) is 31.9 Å². The highest BCUT2D eigenvalue weighted by Crippen LogP contribution is 2.15. The van der Waals surface area contributed by atoms with Crippen molar-refractivity contribution in [2.24, 2.45) is 5.10 Å². The van der Waals surface area contributed by atoms with E-state index in [-0.39, 0.29) is 0 Å². The number of hydrazone groups is 1. The molecule has 0 saturated heterocycles. The summed E-state index contributed by atoms with van der Waals surface area (Å²) in [7, 11) is 0. The Morgan fingerprint density at radius 1 is 1.35 bits per heavy atom. The average molecular weight is 234 g/mol. The van der Waals surface area contributed by atoms with E-state index in [0.717, 1.165) is 17.7 Å². The molecule has 1 aromatic carbocycles. The molecule has 0 bridgehead atoms. The van der Waals surface area contributed by atoms with Crippen LogP contribution in [0.4, 0.5) is 5.69 Å². The summed E-state index contributed by atoms with van der Waals surface area (Å²) in [5, 5.41) is 4.01. The number of esters is 1. The second kappa shape index (κ2) is 6.68. The van der Waals surface area contributed by atoms with Crippen LogP contribution in [0.15, 0.2) is 29.4 Å². The van der Waals surface area contributed by atoms with E-state index in [1.165, 1.54) is 0 Å². The first-order valence-electron chi connectivity index (χ1n) is 5.74. The van der Waals surface area contributed by atoms with Gasteiger partial charge in [0.25, 0.3) is 0 Å². The van der Waals surface area contributed by atoms with Crippen molar-refractivity contribution in [1.82, 2.24) is 0 Å². The number of anilines is 1. The Bertz CT molecular complexity index is 414. The van der Waals surface area contributed by atoms with Crippen LogP contribution in [0.2, 0.25) is 0 Å². The molecule has 1 rings (SSSR count). The Kier molecular flexibility index (Phi) is 5.20. The lowest BCUT2D eigenvalue weighted by molar-refractivity contribution is -0.135. The summed E-state index contributed by atoms with van der Waals surface area (Å²) < 4.78 is 4.84. The molecule has 0 unspecified atom stereocenters. The number of hydrogen-bond acceptors (Lipinski definition) is 4. The van der Waals surface area contributed by atoms with Gasteiger partial charge in [0.05, 0.1) is 12.3 Å². The van der Waals surface area contributed by atoms with Crippen molar-refractivity contribution in [1.29, 1.82) is 0 Å². The van der Waals surface area contributed by atoms with E-state index in [9.17, 15) is 4.79 Å². The second-order valence-corrected chi connectivity index (χ2v) is 3.54. The SMILES string of the molecule is CCOC(=O)/C(C)=N\Nc1ccccc1CC. The molecule has 92 valence electrons. The number of ether oxygens (including phenoxy) is 1. The number of nitrogens with zero attached hydrogens (tertiary/aromatic N) is 1. The highest BCUT2D eigenvalue weighted by Gasteiger charge is 2.06. The molecule has 0 spiro atoms. The van der Waals surface area contributed by atoms with Crippen LogP contribution in [0.5, 0.6) is 0 Å². The summed E-state index contributed by atoms with van der Waals surface area (Å²) >= 11 is 0. The molecule has 0 aliphatic rings. The van der Waals surface area contributed by atoms with E-state index in [4.69, 9.17) is 4.74 Å². The molecular weight excluding hydrogens is 216 g/mol. The predicted molar refractivity (Wildman–Crippen MR) is 69.2 cm³/mol. The summed E-state index contributed by atoms with van der Waals surface area (Å²) in [4.78, 5) is 11.3. The summed E-state index contributed by atoms with van der Waals surface area (Å²) in [5.41, 5.74) is 5.28. The van der Waals surface area contributed by atoms with Crippen LogP contribution >= 0.6 is 0 Å². The molecule has 0 aromatic heterocycles. The maximum atomic E-state index is 11.3. The van der Waals surface area contributed by atoms with Crippen LogP contribution in [0.1, 0.15) is 26.3 Å². The zero-order valence-corrected chi connectivity index (χ0v) is 10.5. The Hall–Kier alpha value is -1.84. The number of aryl methyl sites for hydroxylation is 1. The van der Waals surface area contributed by atoms with E-state index in [1.54, 1.807) is 13.8 Å². The van der Waals surface area contributed by atoms with Gasteiger partial charge in [-0.1, -0.05) is 25.1 Å². The third kappa shape index (κ3) is 3.90. The van der Waals surface area contributed by atoms with Crippen molar-refractivity contribution in [3.8, 4) is 0 Å². The van der Waals surface area contributed by atoms with Crippen molar-refractivity contribution in [3.63, 3.8) is 0 Å². The molecule has 1 N–H and O–H groups in total. The van der Waals surface area contributed by atoms with Gasteiger partial charge in [-0.25, -0.2) is 4.79 Å². The van der Waals surface area contributed by atoms with E-state index >= 15 is 0 Å². The van der Waals surface area contributed by atoms with E-state index in [2.05, 4.69) is 17.5 Å². The van der Waals surface area contributed by atoms with Gasteiger partial charge in [0.2, 0.25) is 0 Å². The van der Waals surface area contributed by atoms with Gasteiger partial charge in [0.1, 0.15) is 5.71 Å². The maximum absolute atomic E-state index is 11.3. The van der Waals surface area contributed by atoms with Gasteiger partial charge in [-0.3, -0.25) is 5.43 Å². The van der Waals surface area contributed by atoms with E-state index in [1.807, 2.05) is 24.3 Å². The third-order valence-corrected chi connectivity index (χ3v) is 2.31. The molecule has 0 amide bonds. The minimum Gasteiger partial charge on any atom is -0.461 e. The monoisotopic (exact) mass is 234 g/mol. The van der Waals surface area contributed by atoms with Gasteiger partial charge >= 0.3 is 5.97 Å². The average Bonchev–Trinajstić information content (AvgIpc) is 2.36. The topological polar surface area (TPSA) is 50.7 Å². The molecule has 0 aliphatic heterocycles. The minimum atomic E-state index is -0.394. The van der Waals surface area contributed by atoms with Crippen LogP contribution in [0.3, 0.4) is 0 Å². The van der Waals surface area contributed by atoms with Gasteiger partial charge in [-0.15, -0.1) is 0 Å². The van der Waals surface area contributed by atoms with Crippen LogP contribution in [-0.4, -0.2) is 18.3 Å². The lowest BCUT2D eigenvalue weighted by Gasteiger charge is -2.07. The largest absolute Gasteiger partial charge is 0.461 e. The highest BCUT2D eigenvalue weighted by atomic mass is 16.5. The Morgan fingerprint density at radius 3 is 2.71 bits per heavy atom. The Morgan fingerprint density at radius 2 is 2.06 bits per heavy atom. The molecule has 0 heterocycles. The number of carbonyl (C=O) groups excluding carboxylic acids is 1. The van der Waals surface area contributed by atoms with Gasteiger partial charge in [0.15, 0.2) is 0 Å². The standard InChI is InChI=1S/C13H18N2O2/c1-4-11-8-6-7-9-12(11)15-14-10(3)13(16)17-5-2/h6-9,15H,4-5H2,1-3H3/b14-10-. The van der Waals surface area contributed by atoms with Crippen molar-refractivity contribution in [3.05, 3.63) is 29.8 Å². The fourth-order valence-corrected chi connectivity index (χ4v) is 1.36. The first-order valence-corrected chi connectivity index (χ1v) is 5.74. The fraction of sp³-hybridized carbons (Fsp3) is 0.385. The normalized spacial score (nSPS) is 11.1. The lowest BCUT2D eigenvalue weighted by atomic mass is 10.1. The number of rotatable bonds is 5. The molecule has 0 fully saturated rings. The van der Waals surface area contributed by atoms with E-state index < -0.39 is 5.97 Å². The number of carbonyl (C=O) groups is 1. The molecule has 0 saturated carbocycles. The van der Waals surface area contributed by atoms with Gasteiger partial charge in [-0.2, -0.15) is 5.10 Å². The Labute approximate surface area is 102 Å². The smallest absolute Gasteiger partial charge is 0.354 e. The predicted octanol–water partition coefficient (Wildman–Crippen LogP) is 2.60. The van der Waals surface area contributed by atoms with Crippen LogP contribution < -0.4 is 5.43 Å². The molecule has 0 radical (unpaired) electrons. The minimum absolute atomic E-state index is 0.317. The van der Waals surface area contributed by atoms with Gasteiger partial charge in [0, 0.05) is 0 Å². The first-order chi connectivity index (χ1) is 8.19. The third-order valence-electron chi connectivity index (χ3n) is 2.31. The molecular formula is C13H18N2O2. The summed E-state index contributed by atoms with van der Waals surface area (Å²) in [6, 6.07) is 7.86. The molecule has 4 heteroatoms. The van der Waals surface area contributed by atoms with Crippen molar-refractivity contribution < 1.29 is 9.53 Å². The van der Waals surface area contributed by atoms with E-state index in [0.29, 0.717) is 12.3 Å². The van der Waals surface area contributed by atoms with Gasteiger partial charge < -0.3 is 4.74 Å².